The molecule has 0 atom stereocenters. The third-order valence-electron chi connectivity index (χ3n) is 4.08. The van der Waals surface area contributed by atoms with Gasteiger partial charge < -0.3 is 13.9 Å². The van der Waals surface area contributed by atoms with Crippen LogP contribution in [0.4, 0.5) is 0 Å². The minimum Gasteiger partial charge on any atom is -0.494 e. The molecule has 0 radical (unpaired) electrons. The van der Waals surface area contributed by atoms with Gasteiger partial charge in [-0.15, -0.1) is 0 Å². The van der Waals surface area contributed by atoms with Crippen molar-refractivity contribution in [3.63, 3.8) is 0 Å². The number of hydrogen-bond donors (Lipinski definition) is 0. The van der Waals surface area contributed by atoms with Crippen LogP contribution in [0.5, 0.6) is 11.5 Å². The highest BCUT2D eigenvalue weighted by molar-refractivity contribution is 6.31. The molecule has 6 heteroatoms. The molecular weight excluding hydrogens is 368 g/mol. The number of benzene rings is 2. The molecule has 0 aliphatic rings. The van der Waals surface area contributed by atoms with E-state index in [1.165, 1.54) is 6.07 Å². The van der Waals surface area contributed by atoms with Gasteiger partial charge in [-0.25, -0.2) is 4.79 Å². The normalized spacial score (nSPS) is 10.8. The topological polar surface area (TPSA) is 65.7 Å². The van der Waals surface area contributed by atoms with Gasteiger partial charge in [-0.3, -0.25) is 4.79 Å². The fourth-order valence-corrected chi connectivity index (χ4v) is 2.78. The molecule has 3 rings (SSSR count). The molecule has 27 heavy (non-hydrogen) atoms. The molecule has 0 unspecified atom stereocenters. The molecule has 140 valence electrons. The predicted molar refractivity (Wildman–Crippen MR) is 104 cm³/mol. The molecule has 1 aromatic heterocycles. The second-order valence-electron chi connectivity index (χ2n) is 6.24. The van der Waals surface area contributed by atoms with Gasteiger partial charge in [0, 0.05) is 29.0 Å². The van der Waals surface area contributed by atoms with Crippen LogP contribution in [0.25, 0.3) is 11.0 Å². The maximum absolute atomic E-state index is 12.0. The van der Waals surface area contributed by atoms with E-state index in [1.807, 2.05) is 19.9 Å². The van der Waals surface area contributed by atoms with Crippen molar-refractivity contribution in [1.82, 2.24) is 0 Å². The van der Waals surface area contributed by atoms with E-state index >= 15 is 0 Å². The van der Waals surface area contributed by atoms with Crippen LogP contribution in [-0.2, 0) is 4.79 Å². The number of fused-ring (bicyclic) bond motifs is 1. The number of carbonyl (C=O) groups is 1. The van der Waals surface area contributed by atoms with Gasteiger partial charge >= 0.3 is 11.6 Å². The van der Waals surface area contributed by atoms with Crippen molar-refractivity contribution in [2.24, 2.45) is 0 Å². The standard InChI is InChI=1S/C21H19ClO5/c1-13-11-21(24)27-19-12-16(5-7-17(13)19)26-20(23)4-3-9-25-15-6-8-18(22)14(2)10-15/h5-8,10-12H,3-4,9H2,1-2H3. The molecule has 0 amide bonds. The molecule has 0 bridgehead atoms. The molecule has 2 aromatic carbocycles. The van der Waals surface area contributed by atoms with Crippen molar-refractivity contribution in [3.05, 3.63) is 69.0 Å². The molecule has 5 nitrogen and oxygen atoms in total. The lowest BCUT2D eigenvalue weighted by atomic mass is 10.1. The summed E-state index contributed by atoms with van der Waals surface area (Å²) in [6.07, 6.45) is 0.727. The van der Waals surface area contributed by atoms with Crippen LogP contribution in [0.1, 0.15) is 24.0 Å². The second kappa shape index (κ2) is 8.27. The Kier molecular flexibility index (Phi) is 5.81. The fraction of sp³-hybridized carbons (Fsp3) is 0.238. The number of ether oxygens (including phenoxy) is 2. The van der Waals surface area contributed by atoms with Gasteiger partial charge in [-0.05, 0) is 61.7 Å². The Labute approximate surface area is 161 Å². The van der Waals surface area contributed by atoms with E-state index in [0.717, 1.165) is 16.5 Å². The van der Waals surface area contributed by atoms with Crippen molar-refractivity contribution in [3.8, 4) is 11.5 Å². The Balaban J connectivity index is 1.52. The molecule has 0 spiro atoms. The number of halogens is 1. The maximum Gasteiger partial charge on any atom is 0.336 e. The highest BCUT2D eigenvalue weighted by Gasteiger charge is 2.09. The zero-order chi connectivity index (χ0) is 19.4. The van der Waals surface area contributed by atoms with Crippen molar-refractivity contribution >= 4 is 28.5 Å². The number of esters is 1. The van der Waals surface area contributed by atoms with Gasteiger partial charge in [0.15, 0.2) is 0 Å². The molecule has 0 aliphatic carbocycles. The highest BCUT2D eigenvalue weighted by atomic mass is 35.5. The summed E-state index contributed by atoms with van der Waals surface area (Å²) in [5, 5.41) is 1.49. The van der Waals surface area contributed by atoms with E-state index in [1.54, 1.807) is 30.3 Å². The van der Waals surface area contributed by atoms with E-state index in [9.17, 15) is 9.59 Å². The summed E-state index contributed by atoms with van der Waals surface area (Å²) >= 11 is 5.97. The van der Waals surface area contributed by atoms with Crippen molar-refractivity contribution in [1.29, 1.82) is 0 Å². The van der Waals surface area contributed by atoms with Gasteiger partial charge in [0.05, 0.1) is 6.61 Å². The summed E-state index contributed by atoms with van der Waals surface area (Å²) < 4.78 is 16.1. The molecule has 0 fully saturated rings. The second-order valence-corrected chi connectivity index (χ2v) is 6.65. The number of hydrogen-bond acceptors (Lipinski definition) is 5. The highest BCUT2D eigenvalue weighted by Crippen LogP contribution is 2.23. The van der Waals surface area contributed by atoms with E-state index in [0.29, 0.717) is 35.1 Å². The molecule has 1 heterocycles. The molecule has 0 N–H and O–H groups in total. The summed E-state index contributed by atoms with van der Waals surface area (Å²) in [5.74, 6) is 0.681. The summed E-state index contributed by atoms with van der Waals surface area (Å²) in [7, 11) is 0. The minimum atomic E-state index is -0.432. The SMILES string of the molecule is Cc1cc(OCCCC(=O)Oc2ccc3c(C)cc(=O)oc3c2)ccc1Cl. The first kappa shape index (κ1) is 19.0. The first-order valence-electron chi connectivity index (χ1n) is 8.56. The summed E-state index contributed by atoms with van der Waals surface area (Å²) in [5.41, 5.74) is 1.71. The molecular formula is C21H19ClO5. The van der Waals surface area contributed by atoms with Gasteiger partial charge in [0.25, 0.3) is 0 Å². The summed E-state index contributed by atoms with van der Waals surface area (Å²) in [6.45, 7) is 4.12. The Bertz CT molecular complexity index is 1040. The monoisotopic (exact) mass is 386 g/mol. The Hall–Kier alpha value is -2.79. The van der Waals surface area contributed by atoms with Crippen molar-refractivity contribution < 1.29 is 18.7 Å². The fourth-order valence-electron chi connectivity index (χ4n) is 2.66. The first-order valence-corrected chi connectivity index (χ1v) is 8.94. The number of rotatable bonds is 6. The largest absolute Gasteiger partial charge is 0.494 e. The van der Waals surface area contributed by atoms with Crippen molar-refractivity contribution in [2.75, 3.05) is 6.61 Å². The zero-order valence-corrected chi connectivity index (χ0v) is 15.8. The lowest BCUT2D eigenvalue weighted by molar-refractivity contribution is -0.134. The zero-order valence-electron chi connectivity index (χ0n) is 15.1. The van der Waals surface area contributed by atoms with Crippen LogP contribution in [0.2, 0.25) is 5.02 Å². The summed E-state index contributed by atoms with van der Waals surface area (Å²) in [6, 6.07) is 11.8. The van der Waals surface area contributed by atoms with Gasteiger partial charge in [0.2, 0.25) is 0 Å². The minimum absolute atomic E-state index is 0.211. The maximum atomic E-state index is 12.0. The Morgan fingerprint density at radius 1 is 1.04 bits per heavy atom. The van der Waals surface area contributed by atoms with E-state index < -0.39 is 5.63 Å². The number of aryl methyl sites for hydroxylation is 2. The summed E-state index contributed by atoms with van der Waals surface area (Å²) in [4.78, 5) is 23.5. The smallest absolute Gasteiger partial charge is 0.336 e. The average Bonchev–Trinajstić information content (AvgIpc) is 2.61. The number of carbonyl (C=O) groups excluding carboxylic acids is 1. The van der Waals surface area contributed by atoms with E-state index in [4.69, 9.17) is 25.5 Å². The quantitative estimate of drug-likeness (QED) is 0.263. The van der Waals surface area contributed by atoms with Gasteiger partial charge in [-0.2, -0.15) is 0 Å². The van der Waals surface area contributed by atoms with Gasteiger partial charge in [0.1, 0.15) is 17.1 Å². The molecule has 0 aliphatic heterocycles. The lowest BCUT2D eigenvalue weighted by Crippen LogP contribution is -2.10. The van der Waals surface area contributed by atoms with Crippen molar-refractivity contribution in [2.45, 2.75) is 26.7 Å². The van der Waals surface area contributed by atoms with Crippen LogP contribution in [0.3, 0.4) is 0 Å². The van der Waals surface area contributed by atoms with Crippen LogP contribution >= 0.6 is 11.6 Å². The first-order chi connectivity index (χ1) is 12.9. The van der Waals surface area contributed by atoms with Crippen LogP contribution in [0.15, 0.2) is 51.7 Å². The van der Waals surface area contributed by atoms with Crippen LogP contribution < -0.4 is 15.1 Å². The average molecular weight is 387 g/mol. The third-order valence-corrected chi connectivity index (χ3v) is 4.50. The Morgan fingerprint density at radius 2 is 1.81 bits per heavy atom. The van der Waals surface area contributed by atoms with E-state index in [2.05, 4.69) is 0 Å². The third kappa shape index (κ3) is 4.89. The van der Waals surface area contributed by atoms with Crippen LogP contribution in [-0.4, -0.2) is 12.6 Å². The predicted octanol–water partition coefficient (Wildman–Crippen LogP) is 4.83. The molecule has 3 aromatic rings. The Morgan fingerprint density at radius 3 is 2.59 bits per heavy atom. The van der Waals surface area contributed by atoms with E-state index in [-0.39, 0.29) is 12.4 Å². The van der Waals surface area contributed by atoms with Crippen LogP contribution in [0, 0.1) is 13.8 Å². The lowest BCUT2D eigenvalue weighted by Gasteiger charge is -2.08. The van der Waals surface area contributed by atoms with Gasteiger partial charge in [-0.1, -0.05) is 11.6 Å². The molecule has 0 saturated heterocycles. The molecule has 0 saturated carbocycles.